The van der Waals surface area contributed by atoms with E-state index in [1.807, 2.05) is 0 Å². The normalized spacial score (nSPS) is 10.4. The van der Waals surface area contributed by atoms with Crippen molar-refractivity contribution in [1.82, 2.24) is 0 Å². The van der Waals surface area contributed by atoms with E-state index in [0.29, 0.717) is 0 Å². The first-order chi connectivity index (χ1) is 11.7. The van der Waals surface area contributed by atoms with E-state index in [-0.39, 0.29) is 37.1 Å². The van der Waals surface area contributed by atoms with Crippen molar-refractivity contribution in [2.45, 2.75) is 0 Å². The molecule has 0 heterocycles. The van der Waals surface area contributed by atoms with Crippen LogP contribution in [0.5, 0.6) is 11.5 Å². The quantitative estimate of drug-likeness (QED) is 0.495. The summed E-state index contributed by atoms with van der Waals surface area (Å²) in [5.74, 6) is -2.44. The number of hydrogen-bond donors (Lipinski definition) is 3. The third kappa shape index (κ3) is 4.61. The molecule has 0 spiro atoms. The molecule has 2 aromatic carbocycles. The molecule has 0 aliphatic carbocycles. The van der Waals surface area contributed by atoms with Gasteiger partial charge in [-0.05, 0) is 18.2 Å². The standard InChI is InChI=1S/C15H9Cl4NO5/c16-8-4-9(17)13(19)14(12(8)18)20-11(23)5-25-15(24)7-2-1-6(21)3-10(7)22/h1-4,21-22H,5H2,(H,20,23). The number of ether oxygens (including phenoxy) is 1. The molecule has 25 heavy (non-hydrogen) atoms. The van der Waals surface area contributed by atoms with Crippen molar-refractivity contribution in [3.05, 3.63) is 49.9 Å². The number of hydrogen-bond acceptors (Lipinski definition) is 5. The minimum Gasteiger partial charge on any atom is -0.508 e. The molecule has 10 heteroatoms. The minimum absolute atomic E-state index is 0.0191. The number of rotatable bonds is 4. The van der Waals surface area contributed by atoms with Gasteiger partial charge in [-0.25, -0.2) is 4.79 Å². The van der Waals surface area contributed by atoms with E-state index >= 15 is 0 Å². The Labute approximate surface area is 161 Å². The minimum atomic E-state index is -0.964. The van der Waals surface area contributed by atoms with Gasteiger partial charge in [-0.2, -0.15) is 0 Å². The highest BCUT2D eigenvalue weighted by Crippen LogP contribution is 2.40. The molecule has 0 radical (unpaired) electrons. The van der Waals surface area contributed by atoms with Crippen LogP contribution in [0.1, 0.15) is 10.4 Å². The zero-order valence-corrected chi connectivity index (χ0v) is 15.2. The predicted molar refractivity (Wildman–Crippen MR) is 95.2 cm³/mol. The van der Waals surface area contributed by atoms with E-state index in [9.17, 15) is 19.8 Å². The summed E-state index contributed by atoms with van der Waals surface area (Å²) >= 11 is 23.6. The maximum Gasteiger partial charge on any atom is 0.342 e. The third-order valence-corrected chi connectivity index (χ3v) is 4.49. The first kappa shape index (κ1) is 19.5. The van der Waals surface area contributed by atoms with Gasteiger partial charge in [0.25, 0.3) is 5.91 Å². The number of carbonyl (C=O) groups is 2. The smallest absolute Gasteiger partial charge is 0.342 e. The number of aromatic hydroxyl groups is 2. The van der Waals surface area contributed by atoms with Gasteiger partial charge in [0.2, 0.25) is 0 Å². The van der Waals surface area contributed by atoms with E-state index in [2.05, 4.69) is 5.32 Å². The molecular formula is C15H9Cl4NO5. The number of amides is 1. The van der Waals surface area contributed by atoms with Crippen molar-refractivity contribution in [1.29, 1.82) is 0 Å². The van der Waals surface area contributed by atoms with Gasteiger partial charge in [0.05, 0.1) is 25.8 Å². The second kappa shape index (κ2) is 8.01. The maximum absolute atomic E-state index is 11.9. The van der Waals surface area contributed by atoms with Crippen LogP contribution in [0, 0.1) is 0 Å². The monoisotopic (exact) mass is 423 g/mol. The van der Waals surface area contributed by atoms with Gasteiger partial charge in [-0.3, -0.25) is 4.79 Å². The molecule has 3 N–H and O–H groups in total. The van der Waals surface area contributed by atoms with Crippen molar-refractivity contribution in [2.24, 2.45) is 0 Å². The lowest BCUT2D eigenvalue weighted by Gasteiger charge is -2.12. The lowest BCUT2D eigenvalue weighted by molar-refractivity contribution is -0.119. The Morgan fingerprint density at radius 2 is 1.60 bits per heavy atom. The summed E-state index contributed by atoms with van der Waals surface area (Å²) in [6.07, 6.45) is 0. The average Bonchev–Trinajstić information content (AvgIpc) is 2.54. The Bertz CT molecular complexity index is 830. The highest BCUT2D eigenvalue weighted by atomic mass is 35.5. The van der Waals surface area contributed by atoms with Gasteiger partial charge in [0.1, 0.15) is 17.1 Å². The first-order valence-electron chi connectivity index (χ1n) is 6.52. The lowest BCUT2D eigenvalue weighted by Crippen LogP contribution is -2.21. The summed E-state index contributed by atoms with van der Waals surface area (Å²) in [6.45, 7) is -0.685. The molecule has 2 rings (SSSR count). The van der Waals surface area contributed by atoms with E-state index < -0.39 is 24.2 Å². The van der Waals surface area contributed by atoms with E-state index in [0.717, 1.165) is 12.1 Å². The molecule has 0 saturated heterocycles. The summed E-state index contributed by atoms with van der Waals surface area (Å²) in [7, 11) is 0. The molecule has 0 bridgehead atoms. The fourth-order valence-electron chi connectivity index (χ4n) is 1.76. The number of nitrogens with one attached hydrogen (secondary N) is 1. The van der Waals surface area contributed by atoms with Crippen molar-refractivity contribution in [3.63, 3.8) is 0 Å². The highest BCUT2D eigenvalue weighted by Gasteiger charge is 2.18. The molecular weight excluding hydrogens is 416 g/mol. The average molecular weight is 425 g/mol. The summed E-state index contributed by atoms with van der Waals surface area (Å²) in [6, 6.07) is 4.61. The number of anilines is 1. The van der Waals surface area contributed by atoms with Crippen LogP contribution in [0.2, 0.25) is 20.1 Å². The van der Waals surface area contributed by atoms with E-state index in [4.69, 9.17) is 51.1 Å². The van der Waals surface area contributed by atoms with Crippen LogP contribution in [0.15, 0.2) is 24.3 Å². The van der Waals surface area contributed by atoms with Crippen LogP contribution in [0.4, 0.5) is 5.69 Å². The van der Waals surface area contributed by atoms with Gasteiger partial charge in [0.15, 0.2) is 6.61 Å². The lowest BCUT2D eigenvalue weighted by atomic mass is 10.2. The topological polar surface area (TPSA) is 95.9 Å². The molecule has 0 fully saturated rings. The number of halogens is 4. The maximum atomic E-state index is 11.9. The van der Waals surface area contributed by atoms with Gasteiger partial charge in [0, 0.05) is 6.07 Å². The van der Waals surface area contributed by atoms with E-state index in [1.54, 1.807) is 0 Å². The van der Waals surface area contributed by atoms with Crippen molar-refractivity contribution in [3.8, 4) is 11.5 Å². The summed E-state index contributed by atoms with van der Waals surface area (Å²) in [5, 5.41) is 21.2. The number of benzene rings is 2. The fraction of sp³-hybridized carbons (Fsp3) is 0.0667. The van der Waals surface area contributed by atoms with Crippen molar-refractivity contribution >= 4 is 64.0 Å². The van der Waals surface area contributed by atoms with Crippen molar-refractivity contribution in [2.75, 3.05) is 11.9 Å². The Hall–Kier alpha value is -1.86. The zero-order valence-electron chi connectivity index (χ0n) is 12.1. The number of phenolic OH excluding ortho intramolecular Hbond substituents is 2. The second-order valence-electron chi connectivity index (χ2n) is 4.67. The third-order valence-electron chi connectivity index (χ3n) is 2.91. The molecule has 0 aliphatic heterocycles. The van der Waals surface area contributed by atoms with Gasteiger partial charge in [-0.15, -0.1) is 0 Å². The van der Waals surface area contributed by atoms with Crippen LogP contribution in [-0.4, -0.2) is 28.7 Å². The molecule has 132 valence electrons. The molecule has 0 aromatic heterocycles. The van der Waals surface area contributed by atoms with Gasteiger partial charge < -0.3 is 20.3 Å². The molecule has 1 amide bonds. The second-order valence-corrected chi connectivity index (χ2v) is 6.24. The fourth-order valence-corrected chi connectivity index (χ4v) is 2.66. The van der Waals surface area contributed by atoms with Crippen LogP contribution in [-0.2, 0) is 9.53 Å². The number of phenols is 2. The van der Waals surface area contributed by atoms with Gasteiger partial charge in [-0.1, -0.05) is 46.4 Å². The summed E-state index contributed by atoms with van der Waals surface area (Å²) < 4.78 is 4.78. The Morgan fingerprint density at radius 3 is 2.16 bits per heavy atom. The largest absolute Gasteiger partial charge is 0.508 e. The van der Waals surface area contributed by atoms with Crippen LogP contribution in [0.3, 0.4) is 0 Å². The predicted octanol–water partition coefficient (Wildman–Crippen LogP) is 4.51. The SMILES string of the molecule is O=C(COC(=O)c1ccc(O)cc1O)Nc1c(Cl)c(Cl)cc(Cl)c1Cl. The molecule has 0 unspecified atom stereocenters. The van der Waals surface area contributed by atoms with Crippen molar-refractivity contribution < 1.29 is 24.5 Å². The van der Waals surface area contributed by atoms with Gasteiger partial charge >= 0.3 is 5.97 Å². The number of esters is 1. The Morgan fingerprint density at radius 1 is 1.00 bits per heavy atom. The van der Waals surface area contributed by atoms with Crippen LogP contribution in [0.25, 0.3) is 0 Å². The van der Waals surface area contributed by atoms with Crippen LogP contribution < -0.4 is 5.32 Å². The molecule has 0 aliphatic rings. The Balaban J connectivity index is 2.05. The number of carbonyl (C=O) groups excluding carboxylic acids is 2. The Kier molecular flexibility index (Phi) is 6.24. The first-order valence-corrected chi connectivity index (χ1v) is 8.03. The van der Waals surface area contributed by atoms with Crippen LogP contribution >= 0.6 is 46.4 Å². The molecule has 2 aromatic rings. The summed E-state index contributed by atoms with van der Waals surface area (Å²) in [4.78, 5) is 23.8. The molecule has 0 saturated carbocycles. The molecule has 6 nitrogen and oxygen atoms in total. The summed E-state index contributed by atoms with van der Waals surface area (Å²) in [5.41, 5.74) is -0.234. The zero-order chi connectivity index (χ0) is 18.7. The highest BCUT2D eigenvalue weighted by molar-refractivity contribution is 6.50. The molecule has 0 atom stereocenters. The van der Waals surface area contributed by atoms with E-state index in [1.165, 1.54) is 12.1 Å².